The van der Waals surface area contributed by atoms with Crippen LogP contribution in [0.4, 0.5) is 0 Å². The standard InChI is InChI=1S/C10H19BrN2O/c1-10(2,11)9(14)12-6-8-4-5-13(3)7-8/h8H,4-7H2,1-3H3,(H,12,14). The molecule has 0 aromatic rings. The minimum atomic E-state index is -0.447. The molecule has 1 aliphatic rings. The minimum Gasteiger partial charge on any atom is -0.355 e. The molecule has 1 aliphatic heterocycles. The van der Waals surface area contributed by atoms with E-state index in [1.807, 2.05) is 13.8 Å². The number of rotatable bonds is 3. The summed E-state index contributed by atoms with van der Waals surface area (Å²) >= 11 is 3.34. The largest absolute Gasteiger partial charge is 0.355 e. The van der Waals surface area contributed by atoms with Gasteiger partial charge in [-0.05, 0) is 39.8 Å². The van der Waals surface area contributed by atoms with Crippen molar-refractivity contribution in [3.8, 4) is 0 Å². The van der Waals surface area contributed by atoms with Crippen molar-refractivity contribution in [3.05, 3.63) is 0 Å². The van der Waals surface area contributed by atoms with Crippen LogP contribution in [0.15, 0.2) is 0 Å². The smallest absolute Gasteiger partial charge is 0.236 e. The molecule has 0 spiro atoms. The number of halogens is 1. The van der Waals surface area contributed by atoms with Crippen LogP contribution in [-0.2, 0) is 4.79 Å². The molecule has 1 amide bonds. The van der Waals surface area contributed by atoms with Gasteiger partial charge in [-0.15, -0.1) is 0 Å². The van der Waals surface area contributed by atoms with Gasteiger partial charge in [0.15, 0.2) is 0 Å². The number of hydrogen-bond acceptors (Lipinski definition) is 2. The third kappa shape index (κ3) is 3.58. The number of nitrogens with zero attached hydrogens (tertiary/aromatic N) is 1. The summed E-state index contributed by atoms with van der Waals surface area (Å²) in [5.41, 5.74) is 0. The Morgan fingerprint density at radius 1 is 1.64 bits per heavy atom. The summed E-state index contributed by atoms with van der Waals surface area (Å²) in [5.74, 6) is 0.700. The Morgan fingerprint density at radius 2 is 2.29 bits per heavy atom. The maximum absolute atomic E-state index is 11.5. The second kappa shape index (κ2) is 4.62. The number of carbonyl (C=O) groups is 1. The van der Waals surface area contributed by atoms with Gasteiger partial charge < -0.3 is 10.2 Å². The predicted molar refractivity (Wildman–Crippen MR) is 61.6 cm³/mol. The zero-order chi connectivity index (χ0) is 10.8. The van der Waals surface area contributed by atoms with Crippen LogP contribution in [0, 0.1) is 5.92 Å². The Balaban J connectivity index is 2.24. The van der Waals surface area contributed by atoms with Crippen LogP contribution in [0.1, 0.15) is 20.3 Å². The molecule has 0 aromatic carbocycles. The number of alkyl halides is 1. The number of hydrogen-bond donors (Lipinski definition) is 1. The van der Waals surface area contributed by atoms with Gasteiger partial charge in [0.25, 0.3) is 0 Å². The highest BCUT2D eigenvalue weighted by Gasteiger charge is 2.25. The van der Waals surface area contributed by atoms with Gasteiger partial charge in [0.1, 0.15) is 0 Å². The normalized spacial score (nSPS) is 23.9. The Hall–Kier alpha value is -0.0900. The summed E-state index contributed by atoms with van der Waals surface area (Å²) in [6.07, 6.45) is 1.19. The maximum atomic E-state index is 11.5. The van der Waals surface area contributed by atoms with Crippen molar-refractivity contribution < 1.29 is 4.79 Å². The van der Waals surface area contributed by atoms with E-state index >= 15 is 0 Å². The summed E-state index contributed by atoms with van der Waals surface area (Å²) in [7, 11) is 2.12. The molecule has 0 radical (unpaired) electrons. The molecule has 4 heteroatoms. The highest BCUT2D eigenvalue weighted by atomic mass is 79.9. The number of carbonyl (C=O) groups excluding carboxylic acids is 1. The Labute approximate surface area is 94.4 Å². The van der Waals surface area contributed by atoms with Crippen LogP contribution in [0.25, 0.3) is 0 Å². The van der Waals surface area contributed by atoms with Crippen molar-refractivity contribution in [3.63, 3.8) is 0 Å². The highest BCUT2D eigenvalue weighted by Crippen LogP contribution is 2.17. The van der Waals surface area contributed by atoms with Gasteiger partial charge in [-0.3, -0.25) is 4.79 Å². The van der Waals surface area contributed by atoms with Crippen LogP contribution in [0.2, 0.25) is 0 Å². The van der Waals surface area contributed by atoms with E-state index in [1.165, 1.54) is 6.42 Å². The Kier molecular flexibility index (Phi) is 3.95. The molecule has 1 rings (SSSR count). The minimum absolute atomic E-state index is 0.0760. The fourth-order valence-corrected chi connectivity index (χ4v) is 1.78. The van der Waals surface area contributed by atoms with Crippen molar-refractivity contribution >= 4 is 21.8 Å². The Bertz CT molecular complexity index is 213. The van der Waals surface area contributed by atoms with Crippen molar-refractivity contribution in [2.45, 2.75) is 24.6 Å². The van der Waals surface area contributed by atoms with Crippen LogP contribution < -0.4 is 5.32 Å². The van der Waals surface area contributed by atoms with E-state index in [1.54, 1.807) is 0 Å². The zero-order valence-corrected chi connectivity index (χ0v) is 10.7. The first-order valence-corrected chi connectivity index (χ1v) is 5.84. The average Bonchev–Trinajstić information content (AvgIpc) is 2.45. The van der Waals surface area contributed by atoms with Crippen LogP contribution >= 0.6 is 15.9 Å². The van der Waals surface area contributed by atoms with Gasteiger partial charge in [-0.25, -0.2) is 0 Å². The predicted octanol–water partition coefficient (Wildman–Crippen LogP) is 1.23. The van der Waals surface area contributed by atoms with E-state index in [0.717, 1.165) is 19.6 Å². The molecule has 1 N–H and O–H groups in total. The molecule has 0 saturated carbocycles. The Morgan fingerprint density at radius 3 is 2.71 bits per heavy atom. The maximum Gasteiger partial charge on any atom is 0.236 e. The van der Waals surface area contributed by atoms with Crippen molar-refractivity contribution in [2.75, 3.05) is 26.7 Å². The summed E-state index contributed by atoms with van der Waals surface area (Å²) in [6, 6.07) is 0. The molecule has 0 aliphatic carbocycles. The molecule has 0 bridgehead atoms. The summed E-state index contributed by atoms with van der Waals surface area (Å²) in [4.78, 5) is 13.8. The van der Waals surface area contributed by atoms with E-state index in [9.17, 15) is 4.79 Å². The summed E-state index contributed by atoms with van der Waals surface area (Å²) in [6.45, 7) is 6.78. The van der Waals surface area contributed by atoms with Crippen molar-refractivity contribution in [2.24, 2.45) is 5.92 Å². The van der Waals surface area contributed by atoms with Gasteiger partial charge in [0.05, 0.1) is 4.32 Å². The van der Waals surface area contributed by atoms with Crippen molar-refractivity contribution in [1.82, 2.24) is 10.2 Å². The van der Waals surface area contributed by atoms with E-state index in [2.05, 4.69) is 33.2 Å². The van der Waals surface area contributed by atoms with Crippen LogP contribution in [0.5, 0.6) is 0 Å². The summed E-state index contributed by atoms with van der Waals surface area (Å²) < 4.78 is -0.447. The van der Waals surface area contributed by atoms with Gasteiger partial charge in [0, 0.05) is 13.1 Å². The highest BCUT2D eigenvalue weighted by molar-refractivity contribution is 9.10. The van der Waals surface area contributed by atoms with Gasteiger partial charge in [-0.1, -0.05) is 15.9 Å². The fourth-order valence-electron chi connectivity index (χ4n) is 1.64. The third-order valence-electron chi connectivity index (χ3n) is 2.58. The monoisotopic (exact) mass is 262 g/mol. The molecule has 1 heterocycles. The molecule has 3 nitrogen and oxygen atoms in total. The number of likely N-dealkylation sites (tertiary alicyclic amines) is 1. The quantitative estimate of drug-likeness (QED) is 0.777. The van der Waals surface area contributed by atoms with E-state index < -0.39 is 4.32 Å². The lowest BCUT2D eigenvalue weighted by Gasteiger charge is -2.18. The molecule has 1 saturated heterocycles. The summed E-state index contributed by atoms with van der Waals surface area (Å²) in [5, 5.41) is 2.97. The lowest BCUT2D eigenvalue weighted by atomic mass is 10.1. The fraction of sp³-hybridized carbons (Fsp3) is 0.900. The van der Waals surface area contributed by atoms with Gasteiger partial charge in [0.2, 0.25) is 5.91 Å². The lowest BCUT2D eigenvalue weighted by Crippen LogP contribution is -2.40. The average molecular weight is 263 g/mol. The first-order chi connectivity index (χ1) is 6.39. The molecule has 1 unspecified atom stereocenters. The lowest BCUT2D eigenvalue weighted by molar-refractivity contribution is -0.122. The van der Waals surface area contributed by atoms with Crippen LogP contribution in [0.3, 0.4) is 0 Å². The third-order valence-corrected chi connectivity index (χ3v) is 2.94. The molecule has 82 valence electrons. The van der Waals surface area contributed by atoms with Gasteiger partial charge in [-0.2, -0.15) is 0 Å². The van der Waals surface area contributed by atoms with E-state index in [4.69, 9.17) is 0 Å². The zero-order valence-electron chi connectivity index (χ0n) is 9.14. The van der Waals surface area contributed by atoms with Crippen molar-refractivity contribution in [1.29, 1.82) is 0 Å². The molecular formula is C10H19BrN2O. The second-order valence-corrected chi connectivity index (χ2v) is 6.58. The SMILES string of the molecule is CN1CCC(CNC(=O)C(C)(C)Br)C1. The second-order valence-electron chi connectivity index (χ2n) is 4.60. The molecule has 1 atom stereocenters. The van der Waals surface area contributed by atoms with E-state index in [-0.39, 0.29) is 5.91 Å². The first kappa shape index (κ1) is 12.0. The first-order valence-electron chi connectivity index (χ1n) is 5.05. The molecule has 14 heavy (non-hydrogen) atoms. The molecule has 1 fully saturated rings. The van der Waals surface area contributed by atoms with Gasteiger partial charge >= 0.3 is 0 Å². The van der Waals surface area contributed by atoms with E-state index in [0.29, 0.717) is 5.92 Å². The van der Waals surface area contributed by atoms with Crippen LogP contribution in [-0.4, -0.2) is 41.8 Å². The molecular weight excluding hydrogens is 244 g/mol. The topological polar surface area (TPSA) is 32.3 Å². The number of nitrogens with one attached hydrogen (secondary N) is 1. The molecule has 0 aromatic heterocycles. The number of amides is 1.